The van der Waals surface area contributed by atoms with E-state index in [1.165, 1.54) is 6.42 Å². The molecule has 1 aliphatic carbocycles. The Morgan fingerprint density at radius 2 is 1.73 bits per heavy atom. The Bertz CT molecular complexity index is 2510. The van der Waals surface area contributed by atoms with Gasteiger partial charge in [-0.15, -0.1) is 0 Å². The summed E-state index contributed by atoms with van der Waals surface area (Å²) in [5.74, 6) is 3.70. The zero-order valence-corrected chi connectivity index (χ0v) is 41.4. The first-order chi connectivity index (χ1) is 34.3. The van der Waals surface area contributed by atoms with Crippen molar-refractivity contribution in [1.82, 2.24) is 39.7 Å². The van der Waals surface area contributed by atoms with E-state index < -0.39 is 0 Å². The summed E-state index contributed by atoms with van der Waals surface area (Å²) < 4.78 is 14.1. The molecule has 70 heavy (non-hydrogen) atoms. The largest absolute Gasteiger partial charge is 0.490 e. The number of aromatic nitrogens is 5. The Labute approximate surface area is 417 Å². The van der Waals surface area contributed by atoms with Crippen LogP contribution < -0.4 is 29.9 Å². The van der Waals surface area contributed by atoms with Gasteiger partial charge in [0.25, 0.3) is 5.91 Å². The van der Waals surface area contributed by atoms with Crippen LogP contribution in [0.25, 0.3) is 5.65 Å². The van der Waals surface area contributed by atoms with Gasteiger partial charge >= 0.3 is 0 Å². The number of carbonyl (C=O) groups is 1. The monoisotopic (exact) mass is 973 g/mol. The molecule has 0 radical (unpaired) electrons. The molecule has 5 aromatic rings. The highest BCUT2D eigenvalue weighted by atomic mass is 35.5. The molecule has 17 heteroatoms. The SMILES string of the molecule is CCc1cnn2c(NCc3ccc(OCCCN4CCN(CC5CCN(c6ccc(C(=O)NC7CCC(Oc8ccc(C#N)c(Cl)c8)CC7)nc6)CC5)CC4)nc3)cc(N3CCCC[C@@H]3CCO)nc12. The second-order valence-electron chi connectivity index (χ2n) is 19.5. The maximum absolute atomic E-state index is 13.1. The van der Waals surface area contributed by atoms with Crippen molar-refractivity contribution in [2.75, 3.05) is 87.2 Å². The molecule has 3 aliphatic heterocycles. The average molecular weight is 974 g/mol. The second-order valence-corrected chi connectivity index (χ2v) is 19.9. The molecule has 3 N–H and O–H groups in total. The molecule has 9 rings (SSSR count). The van der Waals surface area contributed by atoms with Crippen molar-refractivity contribution < 1.29 is 19.4 Å². The standard InChI is InChI=1S/C53H69ClN12O4/c1-2-40-35-59-66-49(31-50(61-52(40)66)65-21-4-3-6-43(65)19-28-67)57-33-39-7-16-51(58-34-39)69-29-5-20-62-24-26-63(27-25-62)37-38-17-22-64(23-18-38)44-11-15-48(56-36-44)53(68)60-42-9-13-45(14-10-42)70-46-12-8-41(32-55)47(54)30-46/h7-8,11-12,15-16,30-31,34-36,38,42-43,45,57,67H,2-6,9-10,13-14,17-29,33,37H2,1H3,(H,60,68)/t42?,43-,45?/m1/s1. The van der Waals surface area contributed by atoms with Crippen molar-refractivity contribution in [3.8, 4) is 17.7 Å². The Kier molecular flexibility index (Phi) is 16.8. The number of amides is 1. The predicted molar refractivity (Wildman–Crippen MR) is 273 cm³/mol. The lowest BCUT2D eigenvalue weighted by Crippen LogP contribution is -2.49. The Morgan fingerprint density at radius 3 is 2.46 bits per heavy atom. The third-order valence-electron chi connectivity index (χ3n) is 14.8. The van der Waals surface area contributed by atoms with E-state index in [0.29, 0.717) is 53.0 Å². The van der Waals surface area contributed by atoms with Crippen LogP contribution in [0.5, 0.6) is 11.6 Å². The summed E-state index contributed by atoms with van der Waals surface area (Å²) >= 11 is 6.18. The molecule has 3 saturated heterocycles. The minimum Gasteiger partial charge on any atom is -0.490 e. The number of piperazine rings is 1. The second kappa shape index (κ2) is 23.9. The molecule has 1 atom stereocenters. The van der Waals surface area contributed by atoms with Gasteiger partial charge < -0.3 is 44.8 Å². The summed E-state index contributed by atoms with van der Waals surface area (Å²) in [7, 11) is 0. The molecule has 4 aliphatic rings. The van der Waals surface area contributed by atoms with E-state index in [9.17, 15) is 9.90 Å². The third kappa shape index (κ3) is 12.6. The summed E-state index contributed by atoms with van der Waals surface area (Å²) in [4.78, 5) is 37.3. The summed E-state index contributed by atoms with van der Waals surface area (Å²) in [6, 6.07) is 17.6. The fourth-order valence-electron chi connectivity index (χ4n) is 10.6. The fraction of sp³-hybridized carbons (Fsp3) is 0.547. The van der Waals surface area contributed by atoms with Crippen molar-refractivity contribution in [2.45, 2.75) is 109 Å². The smallest absolute Gasteiger partial charge is 0.270 e. The van der Waals surface area contributed by atoms with Crippen molar-refractivity contribution >= 4 is 40.5 Å². The van der Waals surface area contributed by atoms with Crippen LogP contribution >= 0.6 is 11.6 Å². The van der Waals surface area contributed by atoms with Gasteiger partial charge in [0.05, 0.1) is 41.4 Å². The number of pyridine rings is 2. The summed E-state index contributed by atoms with van der Waals surface area (Å²) in [6.45, 7) is 13.0. The fourth-order valence-corrected chi connectivity index (χ4v) is 10.8. The lowest BCUT2D eigenvalue weighted by molar-refractivity contribution is 0.0889. The molecule has 0 spiro atoms. The molecular weight excluding hydrogens is 904 g/mol. The number of hydrogen-bond acceptors (Lipinski definition) is 14. The van der Waals surface area contributed by atoms with Gasteiger partial charge in [-0.3, -0.25) is 4.79 Å². The highest BCUT2D eigenvalue weighted by molar-refractivity contribution is 6.31. The molecule has 372 valence electrons. The molecule has 16 nitrogen and oxygen atoms in total. The number of rotatable bonds is 19. The van der Waals surface area contributed by atoms with E-state index in [1.54, 1.807) is 18.2 Å². The van der Waals surface area contributed by atoms with Gasteiger partial charge in [0.1, 0.15) is 29.1 Å². The van der Waals surface area contributed by atoms with Gasteiger partial charge in [-0.05, 0) is 113 Å². The van der Waals surface area contributed by atoms with E-state index in [4.69, 9.17) is 31.3 Å². The molecule has 0 bridgehead atoms. The van der Waals surface area contributed by atoms with Crippen molar-refractivity contribution in [3.63, 3.8) is 0 Å². The van der Waals surface area contributed by atoms with Gasteiger partial charge in [0.2, 0.25) is 5.88 Å². The molecular formula is C53H69ClN12O4. The van der Waals surface area contributed by atoms with E-state index in [2.05, 4.69) is 70.4 Å². The normalized spacial score (nSPS) is 20.6. The number of nitriles is 1. The van der Waals surface area contributed by atoms with E-state index >= 15 is 0 Å². The molecule has 4 aromatic heterocycles. The summed E-state index contributed by atoms with van der Waals surface area (Å²) in [6.07, 6.45) is 17.3. The number of ether oxygens (including phenoxy) is 2. The number of nitrogens with zero attached hydrogens (tertiary/aromatic N) is 10. The van der Waals surface area contributed by atoms with Gasteiger partial charge in [-0.25, -0.2) is 15.0 Å². The van der Waals surface area contributed by atoms with Crippen molar-refractivity contribution in [3.05, 3.63) is 94.5 Å². The first-order valence-electron chi connectivity index (χ1n) is 25.7. The maximum Gasteiger partial charge on any atom is 0.270 e. The van der Waals surface area contributed by atoms with Crippen LogP contribution in [0, 0.1) is 17.2 Å². The van der Waals surface area contributed by atoms with E-state index in [0.717, 1.165) is 164 Å². The highest BCUT2D eigenvalue weighted by Gasteiger charge is 2.28. The van der Waals surface area contributed by atoms with Gasteiger partial charge in [0, 0.05) is 114 Å². The van der Waals surface area contributed by atoms with Crippen LogP contribution in [0.15, 0.2) is 67.1 Å². The lowest BCUT2D eigenvalue weighted by Gasteiger charge is -2.39. The number of piperidine rings is 2. The minimum atomic E-state index is -0.132. The molecule has 1 aromatic carbocycles. The van der Waals surface area contributed by atoms with Crippen molar-refractivity contribution in [2.24, 2.45) is 5.92 Å². The summed E-state index contributed by atoms with van der Waals surface area (Å²) in [5, 5.41) is 30.7. The first kappa shape index (κ1) is 49.3. The van der Waals surface area contributed by atoms with Crippen LogP contribution in [0.1, 0.15) is 105 Å². The number of anilines is 3. The maximum atomic E-state index is 13.1. The molecule has 4 fully saturated rings. The molecule has 0 unspecified atom stereocenters. The molecule has 1 saturated carbocycles. The quantitative estimate of drug-likeness (QED) is 0.0700. The first-order valence-corrected chi connectivity index (χ1v) is 26.1. The number of aryl methyl sites for hydroxylation is 1. The number of hydrogen-bond donors (Lipinski definition) is 3. The summed E-state index contributed by atoms with van der Waals surface area (Å²) in [5.41, 5.74) is 5.01. The zero-order valence-electron chi connectivity index (χ0n) is 40.7. The molecule has 1 amide bonds. The molecule has 7 heterocycles. The minimum absolute atomic E-state index is 0.0504. The van der Waals surface area contributed by atoms with Gasteiger partial charge in [-0.1, -0.05) is 24.6 Å². The zero-order chi connectivity index (χ0) is 48.2. The topological polar surface area (TPSA) is 173 Å². The highest BCUT2D eigenvalue weighted by Crippen LogP contribution is 2.31. The number of aliphatic hydroxyl groups is 1. The van der Waals surface area contributed by atoms with Gasteiger partial charge in [0.15, 0.2) is 5.65 Å². The van der Waals surface area contributed by atoms with Crippen molar-refractivity contribution in [1.29, 1.82) is 5.26 Å². The van der Waals surface area contributed by atoms with Crippen LogP contribution in [-0.2, 0) is 13.0 Å². The average Bonchev–Trinajstić information content (AvgIpc) is 3.82. The Hall–Kier alpha value is -5.73. The number of aliphatic hydroxyl groups excluding tert-OH is 1. The number of benzene rings is 1. The van der Waals surface area contributed by atoms with Crippen LogP contribution in [-0.4, -0.2) is 136 Å². The van der Waals surface area contributed by atoms with Crippen LogP contribution in [0.2, 0.25) is 5.02 Å². The number of halogens is 1. The van der Waals surface area contributed by atoms with E-state index in [-0.39, 0.29) is 24.7 Å². The number of nitrogens with one attached hydrogen (secondary N) is 2. The van der Waals surface area contributed by atoms with Gasteiger partial charge in [-0.2, -0.15) is 14.9 Å². The van der Waals surface area contributed by atoms with E-state index in [1.807, 2.05) is 41.3 Å². The third-order valence-corrected chi connectivity index (χ3v) is 15.1. The number of fused-ring (bicyclic) bond motifs is 1. The Balaban J connectivity index is 0.638. The predicted octanol–water partition coefficient (Wildman–Crippen LogP) is 7.38. The van der Waals surface area contributed by atoms with Crippen LogP contribution in [0.4, 0.5) is 17.3 Å². The number of carbonyl (C=O) groups excluding carboxylic acids is 1. The lowest BCUT2D eigenvalue weighted by atomic mass is 9.92. The van der Waals surface area contributed by atoms with Crippen LogP contribution in [0.3, 0.4) is 0 Å². The Morgan fingerprint density at radius 1 is 0.900 bits per heavy atom.